The number of hydrogen-bond acceptors (Lipinski definition) is 3. The van der Waals surface area contributed by atoms with Crippen molar-refractivity contribution in [2.45, 2.75) is 31.6 Å². The molecule has 0 aliphatic heterocycles. The van der Waals surface area contributed by atoms with Gasteiger partial charge in [0.1, 0.15) is 0 Å². The Labute approximate surface area is 119 Å². The fourth-order valence-corrected chi connectivity index (χ4v) is 3.12. The van der Waals surface area contributed by atoms with E-state index in [4.69, 9.17) is 16.7 Å². The smallest absolute Gasteiger partial charge is 0.0446 e. The molecule has 0 amide bonds. The molecule has 102 valence electrons. The van der Waals surface area contributed by atoms with Crippen LogP contribution in [-0.2, 0) is 5.75 Å². The van der Waals surface area contributed by atoms with Crippen LogP contribution in [0.3, 0.4) is 0 Å². The molecule has 0 saturated heterocycles. The van der Waals surface area contributed by atoms with Gasteiger partial charge in [-0.05, 0) is 31.0 Å². The molecular formula is C14H22ClNOS. The van der Waals surface area contributed by atoms with Crippen molar-refractivity contribution in [3.63, 3.8) is 0 Å². The highest BCUT2D eigenvalue weighted by Crippen LogP contribution is 2.21. The molecule has 0 heterocycles. The van der Waals surface area contributed by atoms with Crippen molar-refractivity contribution in [3.05, 3.63) is 34.9 Å². The second-order valence-corrected chi connectivity index (χ2v) is 5.71. The minimum Gasteiger partial charge on any atom is -0.396 e. The Kier molecular flexibility index (Phi) is 8.51. The van der Waals surface area contributed by atoms with E-state index in [1.165, 1.54) is 5.56 Å². The fourth-order valence-electron chi connectivity index (χ4n) is 1.68. The minimum atomic E-state index is 0.244. The average molecular weight is 288 g/mol. The molecule has 0 aliphatic rings. The number of thioether (sulfide) groups is 1. The summed E-state index contributed by atoms with van der Waals surface area (Å²) >= 11 is 7.98. The first-order chi connectivity index (χ1) is 8.77. The van der Waals surface area contributed by atoms with Crippen LogP contribution < -0.4 is 5.32 Å². The summed E-state index contributed by atoms with van der Waals surface area (Å²) in [6, 6.07) is 8.35. The summed E-state index contributed by atoms with van der Waals surface area (Å²) in [5.41, 5.74) is 1.18. The van der Waals surface area contributed by atoms with Gasteiger partial charge in [-0.15, -0.1) is 0 Å². The first kappa shape index (κ1) is 15.8. The average Bonchev–Trinajstić information content (AvgIpc) is 2.38. The van der Waals surface area contributed by atoms with Gasteiger partial charge in [0.05, 0.1) is 0 Å². The maximum Gasteiger partial charge on any atom is 0.0446 e. The quantitative estimate of drug-likeness (QED) is 0.731. The van der Waals surface area contributed by atoms with Crippen LogP contribution in [0.5, 0.6) is 0 Å². The molecule has 0 aliphatic carbocycles. The predicted molar refractivity (Wildman–Crippen MR) is 81.4 cm³/mol. The number of halogens is 1. The second-order valence-electron chi connectivity index (χ2n) is 4.27. The van der Waals surface area contributed by atoms with E-state index in [9.17, 15) is 0 Å². The Bertz CT molecular complexity index is 335. The number of hydrogen-bond donors (Lipinski definition) is 2. The third-order valence-electron chi connectivity index (χ3n) is 2.70. The normalized spacial score (nSPS) is 12.6. The summed E-state index contributed by atoms with van der Waals surface area (Å²) in [5.74, 6) is 1.93. The van der Waals surface area contributed by atoms with Gasteiger partial charge in [-0.25, -0.2) is 0 Å². The Hall–Kier alpha value is -0.220. The van der Waals surface area contributed by atoms with Crippen LogP contribution in [0, 0.1) is 0 Å². The molecule has 0 saturated carbocycles. The van der Waals surface area contributed by atoms with Crippen LogP contribution in [0.2, 0.25) is 5.02 Å². The number of aliphatic hydroxyl groups is 1. The zero-order valence-corrected chi connectivity index (χ0v) is 12.4. The Morgan fingerprint density at radius 1 is 1.39 bits per heavy atom. The van der Waals surface area contributed by atoms with E-state index in [-0.39, 0.29) is 6.61 Å². The molecule has 2 nitrogen and oxygen atoms in total. The molecule has 4 heteroatoms. The third kappa shape index (κ3) is 6.10. The number of benzene rings is 1. The number of nitrogens with one attached hydrogen (secondary N) is 1. The largest absolute Gasteiger partial charge is 0.396 e. The van der Waals surface area contributed by atoms with E-state index < -0.39 is 0 Å². The van der Waals surface area contributed by atoms with Crippen molar-refractivity contribution in [1.29, 1.82) is 0 Å². The second kappa shape index (κ2) is 9.68. The summed E-state index contributed by atoms with van der Waals surface area (Å²) in [7, 11) is 0. The Morgan fingerprint density at radius 2 is 2.17 bits per heavy atom. The molecule has 0 fully saturated rings. The first-order valence-electron chi connectivity index (χ1n) is 6.43. The summed E-state index contributed by atoms with van der Waals surface area (Å²) in [4.78, 5) is 0. The van der Waals surface area contributed by atoms with E-state index in [0.717, 1.165) is 35.9 Å². The molecule has 0 spiro atoms. The van der Waals surface area contributed by atoms with Gasteiger partial charge < -0.3 is 10.4 Å². The van der Waals surface area contributed by atoms with Crippen molar-refractivity contribution < 1.29 is 5.11 Å². The molecule has 0 aromatic heterocycles. The monoisotopic (exact) mass is 287 g/mol. The van der Waals surface area contributed by atoms with Crippen LogP contribution in [0.25, 0.3) is 0 Å². The molecule has 1 rings (SSSR count). The van der Waals surface area contributed by atoms with Gasteiger partial charge in [0, 0.05) is 29.2 Å². The lowest BCUT2D eigenvalue weighted by atomic mass is 10.2. The van der Waals surface area contributed by atoms with Gasteiger partial charge in [-0.1, -0.05) is 36.7 Å². The molecule has 0 radical (unpaired) electrons. The molecule has 1 unspecified atom stereocenters. The SMILES string of the molecule is CCCNC(CCO)CSCc1ccccc1Cl. The van der Waals surface area contributed by atoms with Gasteiger partial charge in [-0.3, -0.25) is 0 Å². The van der Waals surface area contributed by atoms with E-state index >= 15 is 0 Å². The molecule has 1 aromatic carbocycles. The summed E-state index contributed by atoms with van der Waals surface area (Å²) < 4.78 is 0. The lowest BCUT2D eigenvalue weighted by Crippen LogP contribution is -2.32. The fraction of sp³-hybridized carbons (Fsp3) is 0.571. The summed E-state index contributed by atoms with van der Waals surface area (Å²) in [6.07, 6.45) is 1.94. The molecule has 2 N–H and O–H groups in total. The maximum absolute atomic E-state index is 9.03. The highest BCUT2D eigenvalue weighted by Gasteiger charge is 2.07. The van der Waals surface area contributed by atoms with Crippen molar-refractivity contribution >= 4 is 23.4 Å². The topological polar surface area (TPSA) is 32.3 Å². The van der Waals surface area contributed by atoms with Gasteiger partial charge in [0.15, 0.2) is 0 Å². The van der Waals surface area contributed by atoms with Gasteiger partial charge in [-0.2, -0.15) is 11.8 Å². The van der Waals surface area contributed by atoms with Crippen molar-refractivity contribution in [2.24, 2.45) is 0 Å². The van der Waals surface area contributed by atoms with Crippen LogP contribution >= 0.6 is 23.4 Å². The Morgan fingerprint density at radius 3 is 2.83 bits per heavy atom. The lowest BCUT2D eigenvalue weighted by Gasteiger charge is -2.17. The van der Waals surface area contributed by atoms with Crippen LogP contribution in [0.15, 0.2) is 24.3 Å². The van der Waals surface area contributed by atoms with Gasteiger partial charge >= 0.3 is 0 Å². The summed E-state index contributed by atoms with van der Waals surface area (Å²) in [6.45, 7) is 3.41. The first-order valence-corrected chi connectivity index (χ1v) is 7.96. The molecule has 0 bridgehead atoms. The van der Waals surface area contributed by atoms with E-state index in [1.54, 1.807) is 0 Å². The van der Waals surface area contributed by atoms with E-state index in [1.807, 2.05) is 30.0 Å². The third-order valence-corrected chi connectivity index (χ3v) is 4.22. The van der Waals surface area contributed by atoms with Gasteiger partial charge in [0.25, 0.3) is 0 Å². The number of rotatable bonds is 9. The highest BCUT2D eigenvalue weighted by atomic mass is 35.5. The van der Waals surface area contributed by atoms with Crippen LogP contribution in [-0.4, -0.2) is 30.1 Å². The lowest BCUT2D eigenvalue weighted by molar-refractivity contribution is 0.270. The van der Waals surface area contributed by atoms with Crippen molar-refractivity contribution in [3.8, 4) is 0 Å². The Balaban J connectivity index is 2.31. The summed E-state index contributed by atoms with van der Waals surface area (Å²) in [5, 5.41) is 13.3. The predicted octanol–water partition coefficient (Wildman–Crippen LogP) is 3.32. The van der Waals surface area contributed by atoms with Crippen LogP contribution in [0.1, 0.15) is 25.3 Å². The molecule has 1 aromatic rings. The van der Waals surface area contributed by atoms with Crippen LogP contribution in [0.4, 0.5) is 0 Å². The minimum absolute atomic E-state index is 0.244. The van der Waals surface area contributed by atoms with E-state index in [0.29, 0.717) is 6.04 Å². The maximum atomic E-state index is 9.03. The molecular weight excluding hydrogens is 266 g/mol. The molecule has 18 heavy (non-hydrogen) atoms. The zero-order chi connectivity index (χ0) is 13.2. The van der Waals surface area contributed by atoms with Crippen molar-refractivity contribution in [1.82, 2.24) is 5.32 Å². The standard InChI is InChI=1S/C14H22ClNOS/c1-2-8-16-13(7-9-17)11-18-10-12-5-3-4-6-14(12)15/h3-6,13,16-17H,2,7-11H2,1H3. The van der Waals surface area contributed by atoms with E-state index in [2.05, 4.69) is 18.3 Å². The highest BCUT2D eigenvalue weighted by molar-refractivity contribution is 7.98. The number of aliphatic hydroxyl groups excluding tert-OH is 1. The zero-order valence-electron chi connectivity index (χ0n) is 10.9. The van der Waals surface area contributed by atoms with Gasteiger partial charge in [0.2, 0.25) is 0 Å². The molecule has 1 atom stereocenters. The van der Waals surface area contributed by atoms with Crippen molar-refractivity contribution in [2.75, 3.05) is 18.9 Å².